The normalized spacial score (nSPS) is 15.5. The molecule has 90 valence electrons. The molecular weight excluding hydrogens is 249 g/mol. The lowest BCUT2D eigenvalue weighted by Gasteiger charge is -2.36. The Labute approximate surface area is 102 Å². The minimum atomic E-state index is -0.931. The van der Waals surface area contributed by atoms with Gasteiger partial charge in [-0.2, -0.15) is 0 Å². The molecule has 0 unspecified atom stereocenters. The van der Waals surface area contributed by atoms with Crippen LogP contribution in [0.1, 0.15) is 10.4 Å². The molecule has 1 aromatic rings. The first-order chi connectivity index (χ1) is 8.00. The second-order valence-electron chi connectivity index (χ2n) is 3.85. The molecule has 0 radical (unpaired) electrons. The summed E-state index contributed by atoms with van der Waals surface area (Å²) < 4.78 is 13.1. The second-order valence-corrected chi connectivity index (χ2v) is 4.22. The van der Waals surface area contributed by atoms with Gasteiger partial charge in [0, 0.05) is 13.1 Å². The number of carbonyl (C=O) groups is 2. The average molecular weight is 258 g/mol. The number of likely N-dealkylation sites (tertiary alicyclic amines) is 1. The Balaban J connectivity index is 2.12. The molecule has 0 aliphatic carbocycles. The van der Waals surface area contributed by atoms with Crippen LogP contribution in [0.25, 0.3) is 0 Å². The van der Waals surface area contributed by atoms with Crippen LogP contribution in [0.4, 0.5) is 4.39 Å². The van der Waals surface area contributed by atoms with E-state index in [1.807, 2.05) is 0 Å². The molecule has 1 amide bonds. The van der Waals surface area contributed by atoms with E-state index in [0.29, 0.717) is 0 Å². The predicted molar refractivity (Wildman–Crippen MR) is 58.4 cm³/mol. The van der Waals surface area contributed by atoms with Crippen molar-refractivity contribution in [3.05, 3.63) is 34.6 Å². The largest absolute Gasteiger partial charge is 0.481 e. The molecule has 1 aliphatic heterocycles. The lowest BCUT2D eigenvalue weighted by atomic mass is 9.99. The van der Waals surface area contributed by atoms with Crippen LogP contribution in [0.5, 0.6) is 0 Å². The maximum atomic E-state index is 13.1. The molecule has 6 heteroatoms. The van der Waals surface area contributed by atoms with E-state index in [4.69, 9.17) is 16.7 Å². The molecule has 4 nitrogen and oxygen atoms in total. The van der Waals surface area contributed by atoms with Gasteiger partial charge >= 0.3 is 5.97 Å². The van der Waals surface area contributed by atoms with Crippen LogP contribution in [0.3, 0.4) is 0 Å². The highest BCUT2D eigenvalue weighted by atomic mass is 35.5. The summed E-state index contributed by atoms with van der Waals surface area (Å²) in [5.41, 5.74) is 0.0653. The third-order valence-electron chi connectivity index (χ3n) is 2.70. The summed E-state index contributed by atoms with van der Waals surface area (Å²) in [7, 11) is 0. The minimum absolute atomic E-state index is 0.0653. The highest BCUT2D eigenvalue weighted by Gasteiger charge is 2.36. The van der Waals surface area contributed by atoms with E-state index in [1.54, 1.807) is 0 Å². The molecule has 0 bridgehead atoms. The van der Waals surface area contributed by atoms with E-state index in [0.717, 1.165) is 6.07 Å². The maximum absolute atomic E-state index is 13.1. The molecule has 2 rings (SSSR count). The van der Waals surface area contributed by atoms with Gasteiger partial charge < -0.3 is 10.0 Å². The van der Waals surface area contributed by atoms with Crippen LogP contribution in [0.2, 0.25) is 5.02 Å². The Kier molecular flexibility index (Phi) is 3.02. The van der Waals surface area contributed by atoms with Gasteiger partial charge in [0.25, 0.3) is 5.91 Å². The van der Waals surface area contributed by atoms with Crippen molar-refractivity contribution in [3.63, 3.8) is 0 Å². The summed E-state index contributed by atoms with van der Waals surface area (Å²) in [6.07, 6.45) is 0. The molecule has 0 saturated carbocycles. The van der Waals surface area contributed by atoms with E-state index >= 15 is 0 Å². The Morgan fingerprint density at radius 1 is 1.41 bits per heavy atom. The van der Waals surface area contributed by atoms with Gasteiger partial charge in [0.1, 0.15) is 5.82 Å². The van der Waals surface area contributed by atoms with Gasteiger partial charge in [0.2, 0.25) is 0 Å². The third-order valence-corrected chi connectivity index (χ3v) is 3.08. The fourth-order valence-electron chi connectivity index (χ4n) is 1.64. The summed E-state index contributed by atoms with van der Waals surface area (Å²) in [6, 6.07) is 3.97. The van der Waals surface area contributed by atoms with Crippen LogP contribution in [-0.4, -0.2) is 35.0 Å². The van der Waals surface area contributed by atoms with Gasteiger partial charge in [-0.05, 0) is 12.1 Å². The van der Waals surface area contributed by atoms with Gasteiger partial charge in [0.15, 0.2) is 0 Å². The molecule has 0 spiro atoms. The standard InChI is InChI=1S/C11H9ClFNO3/c12-9-7(2-1-3-8(9)13)10(15)14-4-6(5-14)11(16)17/h1-3,6H,4-5H2,(H,16,17). The first kappa shape index (κ1) is 11.9. The number of carboxylic acids is 1. The fourth-order valence-corrected chi connectivity index (χ4v) is 1.85. The monoisotopic (exact) mass is 257 g/mol. The number of nitrogens with zero attached hydrogens (tertiary/aromatic N) is 1. The van der Waals surface area contributed by atoms with Crippen molar-refractivity contribution in [1.29, 1.82) is 0 Å². The molecular formula is C11H9ClFNO3. The average Bonchev–Trinajstić information content (AvgIpc) is 2.19. The fraction of sp³-hybridized carbons (Fsp3) is 0.273. The van der Waals surface area contributed by atoms with Gasteiger partial charge in [0.05, 0.1) is 16.5 Å². The SMILES string of the molecule is O=C(O)C1CN(C(=O)c2cccc(F)c2Cl)C1. The number of aliphatic carboxylic acids is 1. The Hall–Kier alpha value is -1.62. The number of hydrogen-bond acceptors (Lipinski definition) is 2. The molecule has 17 heavy (non-hydrogen) atoms. The van der Waals surface area contributed by atoms with Crippen molar-refractivity contribution in [1.82, 2.24) is 4.90 Å². The summed E-state index contributed by atoms with van der Waals surface area (Å²) in [4.78, 5) is 23.8. The molecule has 1 fully saturated rings. The number of halogens is 2. The number of hydrogen-bond donors (Lipinski definition) is 1. The van der Waals surface area contributed by atoms with Crippen molar-refractivity contribution < 1.29 is 19.1 Å². The number of carboxylic acid groups (broad SMARTS) is 1. The van der Waals surface area contributed by atoms with E-state index in [2.05, 4.69) is 0 Å². The summed E-state index contributed by atoms with van der Waals surface area (Å²) in [5.74, 6) is -2.56. The predicted octanol–water partition coefficient (Wildman–Crippen LogP) is 1.64. The highest BCUT2D eigenvalue weighted by Crippen LogP contribution is 2.24. The van der Waals surface area contributed by atoms with Crippen molar-refractivity contribution in [2.24, 2.45) is 5.92 Å². The molecule has 1 saturated heterocycles. The van der Waals surface area contributed by atoms with E-state index < -0.39 is 23.6 Å². The first-order valence-electron chi connectivity index (χ1n) is 4.97. The minimum Gasteiger partial charge on any atom is -0.481 e. The number of amides is 1. The number of benzene rings is 1. The molecule has 0 atom stereocenters. The maximum Gasteiger partial charge on any atom is 0.310 e. The second kappa shape index (κ2) is 4.33. The zero-order valence-electron chi connectivity index (χ0n) is 8.69. The van der Waals surface area contributed by atoms with E-state index in [1.165, 1.54) is 17.0 Å². The van der Waals surface area contributed by atoms with Crippen molar-refractivity contribution in [2.75, 3.05) is 13.1 Å². The first-order valence-corrected chi connectivity index (χ1v) is 5.34. The lowest BCUT2D eigenvalue weighted by Crippen LogP contribution is -2.53. The number of carbonyl (C=O) groups excluding carboxylic acids is 1. The summed E-state index contributed by atoms with van der Waals surface area (Å²) in [5, 5.41) is 8.45. The zero-order chi connectivity index (χ0) is 12.6. The number of rotatable bonds is 2. The molecule has 1 N–H and O–H groups in total. The summed E-state index contributed by atoms with van der Waals surface area (Å²) >= 11 is 5.67. The zero-order valence-corrected chi connectivity index (χ0v) is 9.45. The van der Waals surface area contributed by atoms with Gasteiger partial charge in [-0.25, -0.2) is 4.39 Å². The van der Waals surface area contributed by atoms with Gasteiger partial charge in [-0.3, -0.25) is 9.59 Å². The Morgan fingerprint density at radius 2 is 2.06 bits per heavy atom. The lowest BCUT2D eigenvalue weighted by molar-refractivity contribution is -0.146. The summed E-state index contributed by atoms with van der Waals surface area (Å²) in [6.45, 7) is 0.280. The Morgan fingerprint density at radius 3 is 2.65 bits per heavy atom. The molecule has 1 aliphatic rings. The van der Waals surface area contributed by atoms with Gasteiger partial charge in [-0.15, -0.1) is 0 Å². The van der Waals surface area contributed by atoms with Crippen molar-refractivity contribution in [2.45, 2.75) is 0 Å². The van der Waals surface area contributed by atoms with Crippen LogP contribution >= 0.6 is 11.6 Å². The van der Waals surface area contributed by atoms with Crippen molar-refractivity contribution >= 4 is 23.5 Å². The quantitative estimate of drug-likeness (QED) is 0.876. The Bertz CT molecular complexity index is 486. The molecule has 1 aromatic carbocycles. The smallest absolute Gasteiger partial charge is 0.310 e. The van der Waals surface area contributed by atoms with Gasteiger partial charge in [-0.1, -0.05) is 17.7 Å². The van der Waals surface area contributed by atoms with Crippen LogP contribution in [-0.2, 0) is 4.79 Å². The van der Waals surface area contributed by atoms with Crippen LogP contribution in [0.15, 0.2) is 18.2 Å². The van der Waals surface area contributed by atoms with E-state index in [-0.39, 0.29) is 23.7 Å². The molecule has 1 heterocycles. The topological polar surface area (TPSA) is 57.6 Å². The molecule has 0 aromatic heterocycles. The van der Waals surface area contributed by atoms with E-state index in [9.17, 15) is 14.0 Å². The highest BCUT2D eigenvalue weighted by molar-refractivity contribution is 6.34. The van der Waals surface area contributed by atoms with Crippen LogP contribution in [0, 0.1) is 11.7 Å². The van der Waals surface area contributed by atoms with Crippen molar-refractivity contribution in [3.8, 4) is 0 Å². The third kappa shape index (κ3) is 2.10. The van der Waals surface area contributed by atoms with Crippen LogP contribution < -0.4 is 0 Å².